The molecule has 1 aromatic rings. The highest BCUT2D eigenvalue weighted by Gasteiger charge is 2.46. The minimum absolute atomic E-state index is 0.0340. The van der Waals surface area contributed by atoms with E-state index in [0.717, 1.165) is 62.1 Å². The van der Waals surface area contributed by atoms with Crippen LogP contribution in [-0.2, 0) is 51.0 Å². The number of aromatic nitrogens is 2. The van der Waals surface area contributed by atoms with Gasteiger partial charge in [0.2, 0.25) is 0 Å². The van der Waals surface area contributed by atoms with Gasteiger partial charge in [-0.25, -0.2) is 13.9 Å². The number of aliphatic hydroxyl groups is 2. The molecule has 4 unspecified atom stereocenters. The van der Waals surface area contributed by atoms with Crippen molar-refractivity contribution in [1.82, 2.24) is 9.55 Å². The fourth-order valence-corrected chi connectivity index (χ4v) is 9.11. The zero-order valence-electron chi connectivity index (χ0n) is 38.8. The summed E-state index contributed by atoms with van der Waals surface area (Å²) in [5.74, 6) is -0.685. The van der Waals surface area contributed by atoms with Gasteiger partial charge in [-0.05, 0) is 63.4 Å². The molecule has 0 aliphatic carbocycles. The molecule has 2 aliphatic heterocycles. The number of allylic oxidation sites excluding steroid dienone is 4. The minimum Gasteiger partial charge on any atom is -0.462 e. The van der Waals surface area contributed by atoms with E-state index < -0.39 is 83.7 Å². The number of rotatable bonds is 36. The van der Waals surface area contributed by atoms with Gasteiger partial charge in [0.15, 0.2) is 12.3 Å². The predicted octanol–water partition coefficient (Wildman–Crippen LogP) is 7.67. The highest BCUT2D eigenvalue weighted by molar-refractivity contribution is 7.61. The molecule has 6 N–H and O–H groups in total. The van der Waals surface area contributed by atoms with E-state index in [1.165, 1.54) is 44.6 Å². The lowest BCUT2D eigenvalue weighted by atomic mass is 10.0. The number of hydrogen-bond acceptors (Lipinski definition) is 16. The smallest absolute Gasteiger partial charge is 0.462 e. The van der Waals surface area contributed by atoms with E-state index in [1.807, 2.05) is 12.2 Å². The first-order valence-corrected chi connectivity index (χ1v) is 26.5. The van der Waals surface area contributed by atoms with Gasteiger partial charge in [0.25, 0.3) is 0 Å². The number of nitrogen functional groups attached to an aromatic ring is 1. The van der Waals surface area contributed by atoms with Crippen molar-refractivity contribution in [3.8, 4) is 0 Å². The van der Waals surface area contributed by atoms with Crippen molar-refractivity contribution in [3.05, 3.63) is 59.2 Å². The van der Waals surface area contributed by atoms with Gasteiger partial charge in [0.05, 0.1) is 25.4 Å². The van der Waals surface area contributed by atoms with Gasteiger partial charge in [0.1, 0.15) is 30.7 Å². The summed E-state index contributed by atoms with van der Waals surface area (Å²) in [5.41, 5.74) is 4.57. The highest BCUT2D eigenvalue weighted by Crippen LogP contribution is 2.60. The molecule has 376 valence electrons. The predicted molar refractivity (Wildman–Crippen MR) is 247 cm³/mol. The average Bonchev–Trinajstić information content (AvgIpc) is 3.95. The molecule has 0 saturated carbocycles. The van der Waals surface area contributed by atoms with E-state index in [-0.39, 0.29) is 30.9 Å². The first-order valence-electron chi connectivity index (χ1n) is 23.5. The summed E-state index contributed by atoms with van der Waals surface area (Å²) < 4.78 is 62.3. The van der Waals surface area contributed by atoms with Crippen molar-refractivity contribution < 1.29 is 71.0 Å². The highest BCUT2D eigenvalue weighted by atomic mass is 31.3. The van der Waals surface area contributed by atoms with Crippen LogP contribution >= 0.6 is 15.6 Å². The van der Waals surface area contributed by atoms with Crippen LogP contribution in [0, 0.1) is 5.92 Å². The number of hydrogen-bond donors (Lipinski definition) is 5. The molecule has 2 fully saturated rings. The summed E-state index contributed by atoms with van der Waals surface area (Å²) in [4.78, 5) is 61.7. The maximum Gasteiger partial charge on any atom is 0.481 e. The molecule has 2 aliphatic rings. The van der Waals surface area contributed by atoms with Crippen molar-refractivity contribution in [1.29, 1.82) is 0 Å². The third-order valence-corrected chi connectivity index (χ3v) is 13.4. The van der Waals surface area contributed by atoms with E-state index in [4.69, 9.17) is 33.7 Å². The van der Waals surface area contributed by atoms with Crippen molar-refractivity contribution in [2.45, 2.75) is 186 Å². The summed E-state index contributed by atoms with van der Waals surface area (Å²) in [6.07, 6.45) is 23.0. The number of anilines is 1. The van der Waals surface area contributed by atoms with Crippen LogP contribution in [0.15, 0.2) is 53.5 Å². The number of unbranched alkanes of at least 4 members (excludes halogenated alkanes) is 10. The van der Waals surface area contributed by atoms with Crippen LogP contribution in [0.5, 0.6) is 0 Å². The van der Waals surface area contributed by atoms with E-state index in [2.05, 4.69) is 54.4 Å². The molecule has 0 bridgehead atoms. The monoisotopic (exact) mass is 975 g/mol. The largest absolute Gasteiger partial charge is 0.481 e. The summed E-state index contributed by atoms with van der Waals surface area (Å²) in [5, 5.41) is 20.9. The van der Waals surface area contributed by atoms with Gasteiger partial charge in [0, 0.05) is 19.0 Å². The quantitative estimate of drug-likeness (QED) is 0.0142. The molecule has 1 aromatic heterocycles. The molecular formula is C45H75N3O16P2. The van der Waals surface area contributed by atoms with E-state index in [1.54, 1.807) is 0 Å². The number of carbonyl (C=O) groups is 2. The second kappa shape index (κ2) is 31.1. The molecule has 0 spiro atoms. The second-order valence-corrected chi connectivity index (χ2v) is 20.2. The van der Waals surface area contributed by atoms with E-state index >= 15 is 0 Å². The van der Waals surface area contributed by atoms with Crippen LogP contribution in [-0.4, -0.2) is 97.9 Å². The van der Waals surface area contributed by atoms with Crippen LogP contribution in [0.3, 0.4) is 0 Å². The number of nitrogens with zero attached hydrogens (tertiary/aromatic N) is 2. The van der Waals surface area contributed by atoms with Crippen LogP contribution < -0.4 is 11.4 Å². The zero-order valence-corrected chi connectivity index (χ0v) is 40.6. The van der Waals surface area contributed by atoms with Crippen LogP contribution in [0.2, 0.25) is 0 Å². The number of ether oxygens (including phenoxy) is 4. The fourth-order valence-electron chi connectivity index (χ4n) is 7.00. The number of esters is 2. The number of nitrogens with two attached hydrogens (primary N) is 1. The molecule has 3 rings (SSSR count). The molecule has 19 nitrogen and oxygen atoms in total. The first kappa shape index (κ1) is 57.3. The second-order valence-electron chi connectivity index (χ2n) is 17.1. The third-order valence-electron chi connectivity index (χ3n) is 10.8. The Bertz CT molecular complexity index is 1830. The number of epoxide rings is 1. The Morgan fingerprint density at radius 1 is 0.788 bits per heavy atom. The molecule has 2 saturated heterocycles. The Kier molecular flexibility index (Phi) is 27.0. The fraction of sp³-hybridized carbons (Fsp3) is 0.733. The number of carbonyl (C=O) groups excluding carboxylic acids is 2. The number of aliphatic hydroxyl groups excluding tert-OH is 2. The van der Waals surface area contributed by atoms with Crippen molar-refractivity contribution in [2.75, 3.05) is 25.6 Å². The third kappa shape index (κ3) is 24.3. The molecule has 0 aromatic carbocycles. The lowest BCUT2D eigenvalue weighted by molar-refractivity contribution is -0.161. The van der Waals surface area contributed by atoms with Gasteiger partial charge in [-0.2, -0.15) is 9.29 Å². The molecular weight excluding hydrogens is 900 g/mol. The normalized spacial score (nSPS) is 23.2. The summed E-state index contributed by atoms with van der Waals surface area (Å²) >= 11 is 0. The topological polar surface area (TPSA) is 278 Å². The lowest BCUT2D eigenvalue weighted by Crippen LogP contribution is -2.36. The SMILES string of the molecule is CCCCC/C=C\C/C=C\CC1OC1C/C=C\CCCC(=O)O[C@H](COC(=O)CCCCCCCCCC(C)C)COP(=O)(O)OP(=O)(O)OC[C@H]1O[C@@H](n2ccc(N)nc2=O)[C@H](O)[C@@H]1O. The van der Waals surface area contributed by atoms with E-state index in [0.29, 0.717) is 25.2 Å². The molecule has 0 amide bonds. The lowest BCUT2D eigenvalue weighted by Gasteiger charge is -2.21. The van der Waals surface area contributed by atoms with Gasteiger partial charge < -0.3 is 44.7 Å². The Balaban J connectivity index is 1.44. The van der Waals surface area contributed by atoms with Crippen molar-refractivity contribution in [2.24, 2.45) is 5.92 Å². The zero-order chi connectivity index (χ0) is 48.4. The number of phosphoric acid groups is 2. The molecule has 21 heteroatoms. The van der Waals surface area contributed by atoms with Crippen molar-refractivity contribution in [3.63, 3.8) is 0 Å². The van der Waals surface area contributed by atoms with Gasteiger partial charge in [-0.1, -0.05) is 115 Å². The first-order chi connectivity index (χ1) is 31.5. The van der Waals surface area contributed by atoms with Crippen LogP contribution in [0.1, 0.15) is 149 Å². The molecule has 0 radical (unpaired) electrons. The molecule has 3 heterocycles. The summed E-state index contributed by atoms with van der Waals surface area (Å²) in [7, 11) is -10.9. The molecule has 66 heavy (non-hydrogen) atoms. The molecule has 9 atom stereocenters. The van der Waals surface area contributed by atoms with Crippen LogP contribution in [0.4, 0.5) is 5.82 Å². The Morgan fingerprint density at radius 3 is 2.11 bits per heavy atom. The Labute approximate surface area is 389 Å². The average molecular weight is 976 g/mol. The minimum atomic E-state index is -5.43. The van der Waals surface area contributed by atoms with Crippen molar-refractivity contribution >= 4 is 33.4 Å². The maximum absolute atomic E-state index is 12.8. The van der Waals surface area contributed by atoms with Gasteiger partial charge in [-0.15, -0.1) is 0 Å². The Hall–Kier alpha value is -3.06. The van der Waals surface area contributed by atoms with E-state index in [9.17, 15) is 43.5 Å². The van der Waals surface area contributed by atoms with Gasteiger partial charge >= 0.3 is 33.3 Å². The summed E-state index contributed by atoms with van der Waals surface area (Å²) in [6.45, 7) is 4.26. The van der Waals surface area contributed by atoms with Gasteiger partial charge in [-0.3, -0.25) is 23.2 Å². The maximum atomic E-state index is 12.8. The Morgan fingerprint density at radius 2 is 1.41 bits per heavy atom. The standard InChI is InChI=1S/C45H75N3O16P2/c1-4-5-6-7-8-9-12-15-20-25-36-37(62-36)26-21-17-18-23-28-41(50)61-35(31-58-40(49)27-22-16-13-10-11-14-19-24-34(2)3)32-59-65(54,55)64-66(56,57)60-33-38-42(51)43(52)44(63-38)48-30-29-39(46)47-45(48)53/h8-9,15,17,20-21,29-30,34-38,42-44,51-52H,4-7,10-14,16,18-19,22-28,31-33H2,1-3H3,(H,54,55)(H,56,57)(H2,46,47,53)/b9-8-,20-15-,21-17-/t35-,36?,37?,38-,42-,43-,44-/m1/s1. The number of phosphoric ester groups is 2. The van der Waals surface area contributed by atoms with Crippen LogP contribution in [0.25, 0.3) is 0 Å². The summed E-state index contributed by atoms with van der Waals surface area (Å²) in [6, 6.07) is 1.24.